The van der Waals surface area contributed by atoms with Crippen molar-refractivity contribution in [2.45, 2.75) is 42.5 Å². The Bertz CT molecular complexity index is 684. The number of amides is 1. The van der Waals surface area contributed by atoms with Gasteiger partial charge in [-0.15, -0.1) is 5.10 Å². The average molecular weight is 364 g/mol. The van der Waals surface area contributed by atoms with Crippen LogP contribution in [0.3, 0.4) is 0 Å². The van der Waals surface area contributed by atoms with E-state index < -0.39 is 0 Å². The minimum absolute atomic E-state index is 0.0312. The van der Waals surface area contributed by atoms with E-state index in [4.69, 9.17) is 4.74 Å². The molecule has 1 amide bonds. The molecule has 1 fully saturated rings. The van der Waals surface area contributed by atoms with E-state index >= 15 is 0 Å². The number of carbonyl (C=O) groups is 1. The zero-order valence-corrected chi connectivity index (χ0v) is 15.5. The molecular weight excluding hydrogens is 342 g/mol. The summed E-state index contributed by atoms with van der Waals surface area (Å²) in [4.78, 5) is 12.1. The van der Waals surface area contributed by atoms with E-state index in [1.54, 1.807) is 0 Å². The number of aromatic nitrogens is 2. The normalized spacial score (nSPS) is 15.3. The number of nitrogens with zero attached hydrogens (tertiary/aromatic N) is 2. The molecule has 0 spiro atoms. The Morgan fingerprint density at radius 3 is 2.75 bits per heavy atom. The lowest BCUT2D eigenvalue weighted by atomic mass is 9.96. The van der Waals surface area contributed by atoms with E-state index in [1.807, 2.05) is 19.9 Å². The quantitative estimate of drug-likeness (QED) is 0.729. The van der Waals surface area contributed by atoms with E-state index in [0.717, 1.165) is 17.2 Å². The minimum atomic E-state index is 0.0312. The molecule has 0 radical (unpaired) electrons. The molecule has 0 aliphatic heterocycles. The molecule has 1 aliphatic rings. The molecule has 0 unspecified atom stereocenters. The summed E-state index contributed by atoms with van der Waals surface area (Å²) in [7, 11) is 0. The summed E-state index contributed by atoms with van der Waals surface area (Å²) in [5.74, 6) is 0.380. The van der Waals surface area contributed by atoms with Crippen molar-refractivity contribution in [3.05, 3.63) is 35.9 Å². The summed E-state index contributed by atoms with van der Waals surface area (Å²) in [5, 5.41) is 11.6. The van der Waals surface area contributed by atoms with Gasteiger partial charge in [0.05, 0.1) is 11.9 Å². The molecule has 2 aromatic rings. The van der Waals surface area contributed by atoms with Crippen LogP contribution in [-0.2, 0) is 10.2 Å². The molecule has 0 bridgehead atoms. The van der Waals surface area contributed by atoms with Gasteiger partial charge in [-0.1, -0.05) is 47.2 Å². The van der Waals surface area contributed by atoms with E-state index in [0.29, 0.717) is 17.5 Å². The minimum Gasteiger partial charge on any atom is -0.466 e. The number of carbonyl (C=O) groups excluding carboxylic acids is 1. The fourth-order valence-electron chi connectivity index (χ4n) is 2.46. The number of ether oxygens (including phenoxy) is 1. The van der Waals surface area contributed by atoms with Crippen molar-refractivity contribution in [1.29, 1.82) is 0 Å². The molecule has 1 aromatic carbocycles. The highest BCUT2D eigenvalue weighted by atomic mass is 32.2. The van der Waals surface area contributed by atoms with Crippen LogP contribution >= 0.6 is 23.1 Å². The maximum atomic E-state index is 12.1. The van der Waals surface area contributed by atoms with Crippen LogP contribution < -0.4 is 10.1 Å². The number of benzene rings is 1. The van der Waals surface area contributed by atoms with Crippen molar-refractivity contribution < 1.29 is 9.53 Å². The van der Waals surface area contributed by atoms with E-state index in [1.165, 1.54) is 28.7 Å². The Balaban J connectivity index is 1.44. The molecule has 0 atom stereocenters. The van der Waals surface area contributed by atoms with Gasteiger partial charge < -0.3 is 10.1 Å². The number of hydrogen-bond acceptors (Lipinski definition) is 6. The van der Waals surface area contributed by atoms with Gasteiger partial charge in [-0.2, -0.15) is 0 Å². The summed E-state index contributed by atoms with van der Waals surface area (Å²) < 4.78 is 6.24. The summed E-state index contributed by atoms with van der Waals surface area (Å²) >= 11 is 2.77. The zero-order valence-electron chi connectivity index (χ0n) is 13.8. The van der Waals surface area contributed by atoms with Crippen LogP contribution in [0, 0.1) is 0 Å². The lowest BCUT2D eigenvalue weighted by molar-refractivity contribution is -0.118. The van der Waals surface area contributed by atoms with Crippen molar-refractivity contribution in [3.63, 3.8) is 0 Å². The van der Waals surface area contributed by atoms with Crippen LogP contribution in [-0.4, -0.2) is 34.5 Å². The first-order valence-corrected chi connectivity index (χ1v) is 9.83. The second kappa shape index (κ2) is 7.53. The monoisotopic (exact) mass is 363 g/mol. The fourth-order valence-corrected chi connectivity index (χ4v) is 4.10. The molecule has 5 nitrogen and oxygen atoms in total. The van der Waals surface area contributed by atoms with E-state index in [2.05, 4.69) is 39.8 Å². The third-order valence-electron chi connectivity index (χ3n) is 3.91. The highest BCUT2D eigenvalue weighted by Crippen LogP contribution is 2.47. The van der Waals surface area contributed by atoms with Crippen LogP contribution in [0.1, 0.15) is 32.3 Å². The van der Waals surface area contributed by atoms with Gasteiger partial charge in [0.2, 0.25) is 5.91 Å². The highest BCUT2D eigenvalue weighted by Gasteiger charge is 2.44. The Morgan fingerprint density at radius 2 is 2.08 bits per heavy atom. The Labute approximate surface area is 150 Å². The van der Waals surface area contributed by atoms with E-state index in [-0.39, 0.29) is 17.4 Å². The molecule has 7 heteroatoms. The fraction of sp³-hybridized carbons (Fsp3) is 0.471. The smallest absolute Gasteiger partial charge is 0.295 e. The van der Waals surface area contributed by atoms with Crippen LogP contribution in [0.25, 0.3) is 0 Å². The third kappa shape index (κ3) is 4.48. The van der Waals surface area contributed by atoms with Gasteiger partial charge in [0, 0.05) is 12.0 Å². The number of rotatable bonds is 8. The average Bonchev–Trinajstić information content (AvgIpc) is 3.25. The van der Waals surface area contributed by atoms with Crippen molar-refractivity contribution in [3.8, 4) is 5.19 Å². The maximum Gasteiger partial charge on any atom is 0.295 e. The van der Waals surface area contributed by atoms with Gasteiger partial charge in [-0.3, -0.25) is 4.79 Å². The molecule has 1 heterocycles. The summed E-state index contributed by atoms with van der Waals surface area (Å²) in [5.41, 5.74) is 1.46. The largest absolute Gasteiger partial charge is 0.466 e. The zero-order chi connectivity index (χ0) is 17.0. The Hall–Kier alpha value is -1.60. The van der Waals surface area contributed by atoms with Gasteiger partial charge >= 0.3 is 0 Å². The lowest BCUT2D eigenvalue weighted by Crippen LogP contribution is -2.33. The Kier molecular flexibility index (Phi) is 5.40. The second-order valence-corrected chi connectivity index (χ2v) is 8.37. The SMILES string of the molecule is CC(C)Oc1nnc(SCC(=O)NCC2(c3ccccc3)CC2)s1. The Morgan fingerprint density at radius 1 is 1.33 bits per heavy atom. The van der Waals surface area contributed by atoms with Gasteiger partial charge in [0.15, 0.2) is 4.34 Å². The lowest BCUT2D eigenvalue weighted by Gasteiger charge is -2.16. The first kappa shape index (κ1) is 17.2. The summed E-state index contributed by atoms with van der Waals surface area (Å²) in [6.07, 6.45) is 2.35. The van der Waals surface area contributed by atoms with Crippen molar-refractivity contribution in [1.82, 2.24) is 15.5 Å². The van der Waals surface area contributed by atoms with Gasteiger partial charge in [0.25, 0.3) is 5.19 Å². The van der Waals surface area contributed by atoms with Crippen molar-refractivity contribution >= 4 is 29.0 Å². The van der Waals surface area contributed by atoms with Crippen LogP contribution in [0.15, 0.2) is 34.7 Å². The molecular formula is C17H21N3O2S2. The van der Waals surface area contributed by atoms with Gasteiger partial charge in [-0.25, -0.2) is 0 Å². The molecule has 1 saturated carbocycles. The van der Waals surface area contributed by atoms with Crippen molar-refractivity contribution in [2.75, 3.05) is 12.3 Å². The predicted octanol–water partition coefficient (Wildman–Crippen LogP) is 3.27. The first-order chi connectivity index (χ1) is 11.6. The van der Waals surface area contributed by atoms with Gasteiger partial charge in [0.1, 0.15) is 0 Å². The molecule has 1 aliphatic carbocycles. The second-order valence-electron chi connectivity index (χ2n) is 6.21. The van der Waals surface area contributed by atoms with Crippen LogP contribution in [0.5, 0.6) is 5.19 Å². The summed E-state index contributed by atoms with van der Waals surface area (Å²) in [6.45, 7) is 4.60. The predicted molar refractivity (Wildman–Crippen MR) is 96.8 cm³/mol. The first-order valence-electron chi connectivity index (χ1n) is 8.03. The third-order valence-corrected chi connectivity index (χ3v) is 5.86. The highest BCUT2D eigenvalue weighted by molar-refractivity contribution is 8.01. The molecule has 0 saturated heterocycles. The molecule has 3 rings (SSSR count). The van der Waals surface area contributed by atoms with Crippen molar-refractivity contribution in [2.24, 2.45) is 0 Å². The van der Waals surface area contributed by atoms with Crippen LogP contribution in [0.2, 0.25) is 0 Å². The van der Waals surface area contributed by atoms with Gasteiger partial charge in [-0.05, 0) is 43.6 Å². The number of thioether (sulfide) groups is 1. The van der Waals surface area contributed by atoms with Crippen LogP contribution in [0.4, 0.5) is 0 Å². The summed E-state index contributed by atoms with van der Waals surface area (Å²) in [6, 6.07) is 10.4. The topological polar surface area (TPSA) is 64.1 Å². The maximum absolute atomic E-state index is 12.1. The molecule has 128 valence electrons. The standard InChI is InChI=1S/C17H21N3O2S2/c1-12(2)22-15-19-20-16(24-15)23-10-14(21)18-11-17(8-9-17)13-6-4-3-5-7-13/h3-7,12H,8-11H2,1-2H3,(H,18,21). The van der Waals surface area contributed by atoms with E-state index in [9.17, 15) is 4.79 Å². The molecule has 1 N–H and O–H groups in total. The molecule has 24 heavy (non-hydrogen) atoms. The number of hydrogen-bond donors (Lipinski definition) is 1. The molecule has 1 aromatic heterocycles. The number of nitrogens with one attached hydrogen (secondary N) is 1.